The van der Waals surface area contributed by atoms with Crippen LogP contribution >= 0.6 is 0 Å². The number of carbonyl (C=O) groups excluding carboxylic acids is 3. The average Bonchev–Trinajstić information content (AvgIpc) is 2.49. The molecular formula is C12H16N6O7. The van der Waals surface area contributed by atoms with E-state index in [-0.39, 0.29) is 0 Å². The number of aliphatic hydroxyl groups excluding tert-OH is 1. The molecule has 1 aliphatic rings. The second kappa shape index (κ2) is 8.73. The number of hydrogen-bond donors (Lipinski definition) is 1. The highest BCUT2D eigenvalue weighted by Gasteiger charge is 2.55. The Kier molecular flexibility index (Phi) is 7.00. The van der Waals surface area contributed by atoms with Crippen molar-refractivity contribution in [2.24, 2.45) is 10.2 Å². The smallest absolute Gasteiger partial charge is 0.303 e. The molecule has 0 unspecified atom stereocenters. The van der Waals surface area contributed by atoms with Crippen molar-refractivity contribution >= 4 is 17.9 Å². The van der Waals surface area contributed by atoms with E-state index in [1.165, 1.54) is 0 Å². The molecule has 1 N–H and O–H groups in total. The van der Waals surface area contributed by atoms with Gasteiger partial charge in [0.25, 0.3) is 0 Å². The molecule has 0 aromatic heterocycles. The standard InChI is InChI=1S/C12H16N6O7/c1-4(19)23-10-7(15-17-13)9(22)12(25-6(3)21)11(24-5(2)20)8(10)16-18-14/h7-12,22H,1-3H3/t7-,8-,9-,10+,11+,12+/m1/s1. The molecule has 13 nitrogen and oxygen atoms in total. The third-order valence-corrected chi connectivity index (χ3v) is 3.30. The number of ether oxygens (including phenoxy) is 3. The fraction of sp³-hybridized carbons (Fsp3) is 0.750. The summed E-state index contributed by atoms with van der Waals surface area (Å²) in [6.07, 6.45) is -6.07. The molecule has 1 rings (SSSR count). The molecule has 1 saturated carbocycles. The van der Waals surface area contributed by atoms with Gasteiger partial charge in [0.15, 0.2) is 12.2 Å². The van der Waals surface area contributed by atoms with Crippen molar-refractivity contribution in [3.05, 3.63) is 20.9 Å². The summed E-state index contributed by atoms with van der Waals surface area (Å²) in [6, 6.07) is -2.85. The number of hydrogen-bond acceptors (Lipinski definition) is 9. The molecule has 13 heteroatoms. The lowest BCUT2D eigenvalue weighted by Crippen LogP contribution is -2.65. The number of aliphatic hydroxyl groups is 1. The summed E-state index contributed by atoms with van der Waals surface area (Å²) in [4.78, 5) is 39.2. The summed E-state index contributed by atoms with van der Waals surface area (Å²) in [7, 11) is 0. The van der Waals surface area contributed by atoms with Crippen molar-refractivity contribution in [3.8, 4) is 0 Å². The molecule has 0 spiro atoms. The van der Waals surface area contributed by atoms with Crippen LogP contribution in [0.1, 0.15) is 20.8 Å². The van der Waals surface area contributed by atoms with Crippen LogP contribution in [0.3, 0.4) is 0 Å². The van der Waals surface area contributed by atoms with Gasteiger partial charge >= 0.3 is 17.9 Å². The van der Waals surface area contributed by atoms with E-state index in [9.17, 15) is 19.5 Å². The van der Waals surface area contributed by atoms with Gasteiger partial charge in [0.05, 0.1) is 0 Å². The molecule has 0 heterocycles. The summed E-state index contributed by atoms with van der Waals surface area (Å²) in [6.45, 7) is 3.14. The maximum atomic E-state index is 11.4. The molecular weight excluding hydrogens is 340 g/mol. The van der Waals surface area contributed by atoms with E-state index in [0.717, 1.165) is 20.8 Å². The molecule has 0 aromatic carbocycles. The Labute approximate surface area is 141 Å². The lowest BCUT2D eigenvalue weighted by Gasteiger charge is -2.44. The fourth-order valence-corrected chi connectivity index (χ4v) is 2.54. The number of carbonyl (C=O) groups is 3. The Morgan fingerprint density at radius 2 is 1.20 bits per heavy atom. The fourth-order valence-electron chi connectivity index (χ4n) is 2.54. The average molecular weight is 356 g/mol. The van der Waals surface area contributed by atoms with E-state index < -0.39 is 54.4 Å². The predicted octanol–water partition coefficient (Wildman–Crippen LogP) is 0.514. The van der Waals surface area contributed by atoms with Crippen LogP contribution in [0.4, 0.5) is 0 Å². The molecule has 6 atom stereocenters. The minimum Gasteiger partial charge on any atom is -0.461 e. The van der Waals surface area contributed by atoms with Gasteiger partial charge in [-0.1, -0.05) is 10.2 Å². The first kappa shape index (κ1) is 20.0. The first-order valence-corrected chi connectivity index (χ1v) is 7.01. The normalized spacial score (nSPS) is 30.9. The minimum absolute atomic E-state index is 0.819. The van der Waals surface area contributed by atoms with Crippen LogP contribution < -0.4 is 0 Å². The Hall–Kier alpha value is -3.01. The van der Waals surface area contributed by atoms with Crippen molar-refractivity contribution in [1.29, 1.82) is 0 Å². The molecule has 0 amide bonds. The quantitative estimate of drug-likeness (QED) is 0.243. The summed E-state index contributed by atoms with van der Waals surface area (Å²) in [5.41, 5.74) is 17.5. The van der Waals surface area contributed by atoms with Crippen molar-refractivity contribution in [2.75, 3.05) is 0 Å². The van der Waals surface area contributed by atoms with E-state index >= 15 is 0 Å². The molecule has 136 valence electrons. The Morgan fingerprint density at radius 3 is 1.64 bits per heavy atom. The lowest BCUT2D eigenvalue weighted by molar-refractivity contribution is -0.199. The number of nitrogens with zero attached hydrogens (tertiary/aromatic N) is 6. The molecule has 1 fully saturated rings. The predicted molar refractivity (Wildman–Crippen MR) is 78.5 cm³/mol. The molecule has 0 aliphatic heterocycles. The number of esters is 3. The van der Waals surface area contributed by atoms with Gasteiger partial charge < -0.3 is 19.3 Å². The van der Waals surface area contributed by atoms with E-state index in [4.69, 9.17) is 25.3 Å². The van der Waals surface area contributed by atoms with Crippen LogP contribution in [0.5, 0.6) is 0 Å². The highest BCUT2D eigenvalue weighted by Crippen LogP contribution is 2.32. The van der Waals surface area contributed by atoms with Gasteiger partial charge in [-0.2, -0.15) is 0 Å². The summed E-state index contributed by atoms with van der Waals surface area (Å²) < 4.78 is 15.0. The van der Waals surface area contributed by atoms with Crippen molar-refractivity contribution in [3.63, 3.8) is 0 Å². The van der Waals surface area contributed by atoms with Crippen molar-refractivity contribution in [1.82, 2.24) is 0 Å². The Balaban J connectivity index is 3.46. The molecule has 0 aromatic rings. The van der Waals surface area contributed by atoms with E-state index in [2.05, 4.69) is 20.1 Å². The van der Waals surface area contributed by atoms with Crippen LogP contribution in [-0.4, -0.2) is 59.5 Å². The number of azide groups is 2. The van der Waals surface area contributed by atoms with Gasteiger partial charge in [0.1, 0.15) is 24.3 Å². The van der Waals surface area contributed by atoms with Gasteiger partial charge in [0.2, 0.25) is 0 Å². The topological polar surface area (TPSA) is 197 Å². The Bertz CT molecular complexity index is 642. The maximum absolute atomic E-state index is 11.4. The first-order chi connectivity index (χ1) is 11.7. The van der Waals surface area contributed by atoms with Crippen LogP contribution in [-0.2, 0) is 28.6 Å². The van der Waals surface area contributed by atoms with Crippen molar-refractivity contribution < 1.29 is 33.7 Å². The van der Waals surface area contributed by atoms with E-state index in [0.29, 0.717) is 0 Å². The van der Waals surface area contributed by atoms with E-state index in [1.807, 2.05) is 0 Å². The molecule has 1 aliphatic carbocycles. The highest BCUT2D eigenvalue weighted by molar-refractivity contribution is 5.68. The van der Waals surface area contributed by atoms with Gasteiger partial charge in [-0.15, -0.1) is 0 Å². The SMILES string of the molecule is CC(=O)O[C@H]1[C@H](N=[N+]=[N-])[C@@H](O)[C@H](OC(C)=O)[C@@H](OC(C)=O)[C@@H]1N=[N+]=[N-]. The first-order valence-electron chi connectivity index (χ1n) is 7.01. The number of rotatable bonds is 5. The molecule has 0 radical (unpaired) electrons. The maximum Gasteiger partial charge on any atom is 0.303 e. The third-order valence-electron chi connectivity index (χ3n) is 3.30. The van der Waals surface area contributed by atoms with Gasteiger partial charge in [-0.05, 0) is 11.1 Å². The van der Waals surface area contributed by atoms with Crippen LogP contribution in [0.2, 0.25) is 0 Å². The van der Waals surface area contributed by atoms with Crippen molar-refractivity contribution in [2.45, 2.75) is 57.3 Å². The molecule has 25 heavy (non-hydrogen) atoms. The lowest BCUT2D eigenvalue weighted by atomic mass is 9.81. The zero-order valence-corrected chi connectivity index (χ0v) is 13.5. The second-order valence-corrected chi connectivity index (χ2v) is 5.10. The van der Waals surface area contributed by atoms with Crippen LogP contribution in [0.25, 0.3) is 20.9 Å². The monoisotopic (exact) mass is 356 g/mol. The van der Waals surface area contributed by atoms with E-state index in [1.54, 1.807) is 0 Å². The highest BCUT2D eigenvalue weighted by atomic mass is 16.6. The third kappa shape index (κ3) is 4.98. The largest absolute Gasteiger partial charge is 0.461 e. The van der Waals surface area contributed by atoms with Gasteiger partial charge in [0, 0.05) is 30.6 Å². The summed E-state index contributed by atoms with van der Waals surface area (Å²) >= 11 is 0. The molecule has 0 saturated heterocycles. The van der Waals surface area contributed by atoms with Gasteiger partial charge in [-0.25, -0.2) is 0 Å². The Morgan fingerprint density at radius 1 is 0.800 bits per heavy atom. The summed E-state index contributed by atoms with van der Waals surface area (Å²) in [5.74, 6) is -2.47. The van der Waals surface area contributed by atoms with Gasteiger partial charge in [-0.3, -0.25) is 14.4 Å². The molecule has 0 bridgehead atoms. The second-order valence-electron chi connectivity index (χ2n) is 5.10. The van der Waals surface area contributed by atoms with Crippen LogP contribution in [0, 0.1) is 0 Å². The minimum atomic E-state index is -1.68. The summed E-state index contributed by atoms with van der Waals surface area (Å²) in [5, 5.41) is 17.2. The van der Waals surface area contributed by atoms with Crippen LogP contribution in [0.15, 0.2) is 10.2 Å². The zero-order chi connectivity index (χ0) is 19.1. The zero-order valence-electron chi connectivity index (χ0n) is 13.5.